The summed E-state index contributed by atoms with van der Waals surface area (Å²) in [6.45, 7) is 0. The van der Waals surface area contributed by atoms with Crippen molar-refractivity contribution in [2.45, 2.75) is 56.5 Å². The molecule has 0 bridgehead atoms. The normalized spacial score (nSPS) is 23.1. The molecule has 2 heterocycles. The lowest BCUT2D eigenvalue weighted by Crippen LogP contribution is -2.22. The first kappa shape index (κ1) is 18.1. The van der Waals surface area contributed by atoms with E-state index >= 15 is 0 Å². The molecule has 3 heteroatoms. The Kier molecular flexibility index (Phi) is 4.38. The fourth-order valence-corrected chi connectivity index (χ4v) is 5.54. The molecule has 30 heavy (non-hydrogen) atoms. The van der Waals surface area contributed by atoms with E-state index in [4.69, 9.17) is 0 Å². The lowest BCUT2D eigenvalue weighted by atomic mass is 9.75. The number of pyridine rings is 1. The monoisotopic (exact) mass is 396 g/mol. The first-order chi connectivity index (χ1) is 14.8. The van der Waals surface area contributed by atoms with Crippen LogP contribution in [-0.4, -0.2) is 14.5 Å². The minimum atomic E-state index is -0.406. The van der Waals surface area contributed by atoms with Gasteiger partial charge in [-0.1, -0.05) is 48.5 Å². The van der Waals surface area contributed by atoms with E-state index in [9.17, 15) is 5.11 Å². The second-order valence-corrected chi connectivity index (χ2v) is 9.30. The fraction of sp³-hybridized carbons (Fsp3) is 0.370. The van der Waals surface area contributed by atoms with Gasteiger partial charge in [0.15, 0.2) is 0 Å². The first-order valence-corrected chi connectivity index (χ1v) is 11.4. The standard InChI is InChI=1S/C27H28N2O/c30-27(26-25(20-8-9-20)14-13-24-16-28-17-29(24)26)21-10-5-19(6-11-21)23-12-7-18-3-1-2-4-22(18)15-23/h1-4,7,12-17,19-21,27,30H,5-6,8-11H2/t19?,21?,27-/m1/s1. The third kappa shape index (κ3) is 3.13. The number of fused-ring (bicyclic) bond motifs is 2. The van der Waals surface area contributed by atoms with Gasteiger partial charge >= 0.3 is 0 Å². The van der Waals surface area contributed by atoms with Gasteiger partial charge in [0.25, 0.3) is 0 Å². The van der Waals surface area contributed by atoms with Gasteiger partial charge in [0.05, 0.1) is 29.8 Å². The zero-order chi connectivity index (χ0) is 20.1. The second-order valence-electron chi connectivity index (χ2n) is 9.30. The molecule has 152 valence electrons. The maximum absolute atomic E-state index is 11.5. The number of aromatic nitrogens is 2. The van der Waals surface area contributed by atoms with Crippen LogP contribution in [0.3, 0.4) is 0 Å². The van der Waals surface area contributed by atoms with Crippen molar-refractivity contribution in [2.24, 2.45) is 5.92 Å². The smallest absolute Gasteiger partial charge is 0.0995 e. The highest BCUT2D eigenvalue weighted by Gasteiger charge is 2.34. The highest BCUT2D eigenvalue weighted by Crippen LogP contribution is 2.47. The molecule has 0 aliphatic heterocycles. The summed E-state index contributed by atoms with van der Waals surface area (Å²) >= 11 is 0. The first-order valence-electron chi connectivity index (χ1n) is 11.4. The van der Waals surface area contributed by atoms with E-state index in [0.717, 1.165) is 36.9 Å². The SMILES string of the molecule is O[C@@H](c1c(C2CC2)ccc2cncn12)C1CCC(c2ccc3ccccc3c2)CC1. The van der Waals surface area contributed by atoms with Gasteiger partial charge < -0.3 is 9.51 Å². The summed E-state index contributed by atoms with van der Waals surface area (Å²) in [5, 5.41) is 14.1. The Bertz CT molecular complexity index is 1200. The summed E-state index contributed by atoms with van der Waals surface area (Å²) in [7, 11) is 0. The summed E-state index contributed by atoms with van der Waals surface area (Å²) < 4.78 is 2.13. The molecule has 0 radical (unpaired) electrons. The number of benzene rings is 2. The molecule has 2 aliphatic carbocycles. The molecule has 0 spiro atoms. The second kappa shape index (κ2) is 7.24. The summed E-state index contributed by atoms with van der Waals surface area (Å²) in [4.78, 5) is 4.34. The van der Waals surface area contributed by atoms with Crippen molar-refractivity contribution in [3.05, 3.63) is 83.9 Å². The van der Waals surface area contributed by atoms with Crippen molar-refractivity contribution in [3.8, 4) is 0 Å². The van der Waals surface area contributed by atoms with Crippen molar-refractivity contribution < 1.29 is 5.11 Å². The zero-order valence-corrected chi connectivity index (χ0v) is 17.2. The minimum absolute atomic E-state index is 0.326. The van der Waals surface area contributed by atoms with E-state index in [1.807, 2.05) is 12.5 Å². The topological polar surface area (TPSA) is 37.5 Å². The Labute approximate surface area is 177 Å². The third-order valence-electron chi connectivity index (χ3n) is 7.42. The Morgan fingerprint density at radius 3 is 2.40 bits per heavy atom. The minimum Gasteiger partial charge on any atom is -0.387 e. The van der Waals surface area contributed by atoms with Crippen molar-refractivity contribution in [1.29, 1.82) is 0 Å². The molecule has 2 aliphatic rings. The van der Waals surface area contributed by atoms with Crippen molar-refractivity contribution in [2.75, 3.05) is 0 Å². The van der Waals surface area contributed by atoms with E-state index in [0.29, 0.717) is 17.8 Å². The third-order valence-corrected chi connectivity index (χ3v) is 7.42. The van der Waals surface area contributed by atoms with Crippen LogP contribution in [0.1, 0.15) is 73.3 Å². The summed E-state index contributed by atoms with van der Waals surface area (Å²) in [5.41, 5.74) is 4.97. The number of rotatable bonds is 4. The van der Waals surface area contributed by atoms with Gasteiger partial charge in [-0.25, -0.2) is 4.98 Å². The Morgan fingerprint density at radius 1 is 0.833 bits per heavy atom. The number of nitrogens with zero attached hydrogens (tertiary/aromatic N) is 2. The molecule has 2 fully saturated rings. The van der Waals surface area contributed by atoms with Crippen molar-refractivity contribution in [3.63, 3.8) is 0 Å². The van der Waals surface area contributed by atoms with E-state index in [1.54, 1.807) is 0 Å². The summed E-state index contributed by atoms with van der Waals surface area (Å²) in [6, 6.07) is 19.9. The van der Waals surface area contributed by atoms with Crippen LogP contribution in [-0.2, 0) is 0 Å². The van der Waals surface area contributed by atoms with E-state index in [1.165, 1.54) is 34.7 Å². The van der Waals surface area contributed by atoms with E-state index in [-0.39, 0.29) is 0 Å². The quantitative estimate of drug-likeness (QED) is 0.435. The number of aliphatic hydroxyl groups is 1. The lowest BCUT2D eigenvalue weighted by Gasteiger charge is -2.33. The van der Waals surface area contributed by atoms with Crippen LogP contribution in [0.25, 0.3) is 16.3 Å². The molecular weight excluding hydrogens is 368 g/mol. The molecule has 6 rings (SSSR count). The molecule has 2 aromatic carbocycles. The molecular formula is C27H28N2O. The molecule has 1 N–H and O–H groups in total. The number of hydrogen-bond acceptors (Lipinski definition) is 2. The molecule has 0 amide bonds. The van der Waals surface area contributed by atoms with Crippen LogP contribution in [0.5, 0.6) is 0 Å². The van der Waals surface area contributed by atoms with Gasteiger partial charge in [-0.05, 0) is 84.2 Å². The van der Waals surface area contributed by atoms with Crippen molar-refractivity contribution in [1.82, 2.24) is 9.38 Å². The largest absolute Gasteiger partial charge is 0.387 e. The predicted molar refractivity (Wildman–Crippen MR) is 121 cm³/mol. The summed E-state index contributed by atoms with van der Waals surface area (Å²) in [6.07, 6.45) is 10.3. The van der Waals surface area contributed by atoms with Gasteiger partial charge in [-0.15, -0.1) is 0 Å². The Balaban J connectivity index is 1.24. The van der Waals surface area contributed by atoms with Gasteiger partial charge in [0, 0.05) is 0 Å². The van der Waals surface area contributed by atoms with Crippen LogP contribution in [0.15, 0.2) is 67.1 Å². The van der Waals surface area contributed by atoms with E-state index < -0.39 is 6.10 Å². The predicted octanol–water partition coefficient (Wildman–Crippen LogP) is 6.37. The number of imidazole rings is 1. The van der Waals surface area contributed by atoms with Gasteiger partial charge in [-0.2, -0.15) is 0 Å². The Morgan fingerprint density at radius 2 is 1.60 bits per heavy atom. The van der Waals surface area contributed by atoms with Crippen LogP contribution in [0.2, 0.25) is 0 Å². The molecule has 4 aromatic rings. The molecule has 1 atom stereocenters. The maximum atomic E-state index is 11.5. The molecule has 2 aromatic heterocycles. The van der Waals surface area contributed by atoms with Gasteiger partial charge in [0.2, 0.25) is 0 Å². The van der Waals surface area contributed by atoms with Crippen LogP contribution in [0.4, 0.5) is 0 Å². The highest BCUT2D eigenvalue weighted by atomic mass is 16.3. The fourth-order valence-electron chi connectivity index (χ4n) is 5.54. The maximum Gasteiger partial charge on any atom is 0.0995 e. The van der Waals surface area contributed by atoms with Crippen molar-refractivity contribution >= 4 is 16.3 Å². The van der Waals surface area contributed by atoms with Gasteiger partial charge in [-0.3, -0.25) is 0 Å². The molecule has 2 saturated carbocycles. The van der Waals surface area contributed by atoms with Crippen LogP contribution in [0, 0.1) is 5.92 Å². The molecule has 0 saturated heterocycles. The number of aliphatic hydroxyl groups excluding tert-OH is 1. The average Bonchev–Trinajstić information content (AvgIpc) is 3.54. The molecule has 0 unspecified atom stereocenters. The molecule has 3 nitrogen and oxygen atoms in total. The van der Waals surface area contributed by atoms with Gasteiger partial charge in [0.1, 0.15) is 0 Å². The lowest BCUT2D eigenvalue weighted by molar-refractivity contribution is 0.0754. The van der Waals surface area contributed by atoms with Crippen LogP contribution < -0.4 is 0 Å². The van der Waals surface area contributed by atoms with E-state index in [2.05, 4.69) is 64.0 Å². The average molecular weight is 397 g/mol. The summed E-state index contributed by atoms with van der Waals surface area (Å²) in [5.74, 6) is 1.55. The highest BCUT2D eigenvalue weighted by molar-refractivity contribution is 5.83. The van der Waals surface area contributed by atoms with Crippen LogP contribution >= 0.6 is 0 Å². The zero-order valence-electron chi connectivity index (χ0n) is 17.2. The number of hydrogen-bond donors (Lipinski definition) is 1. The Hall–Kier alpha value is -2.65.